The molecule has 4 aromatic carbocycles. The first-order valence-electron chi connectivity index (χ1n) is 12.8. The van der Waals surface area contributed by atoms with E-state index in [1.54, 1.807) is 63.2 Å². The van der Waals surface area contributed by atoms with E-state index in [0.29, 0.717) is 22.6 Å². The van der Waals surface area contributed by atoms with Gasteiger partial charge >= 0.3 is 5.97 Å². The van der Waals surface area contributed by atoms with Gasteiger partial charge in [0.2, 0.25) is 10.0 Å². The molecular weight excluding hydrogens is 529 g/mol. The summed E-state index contributed by atoms with van der Waals surface area (Å²) in [6, 6.07) is 25.6. The van der Waals surface area contributed by atoms with E-state index in [1.807, 2.05) is 43.3 Å². The molecule has 0 saturated carbocycles. The van der Waals surface area contributed by atoms with E-state index in [0.717, 1.165) is 22.3 Å². The molecule has 6 nitrogen and oxygen atoms in total. The van der Waals surface area contributed by atoms with Gasteiger partial charge in [-0.05, 0) is 104 Å². The minimum absolute atomic E-state index is 0.111. The number of sulfonamides is 1. The number of halogens is 1. The Balaban J connectivity index is 1.35. The van der Waals surface area contributed by atoms with Crippen LogP contribution >= 0.6 is 0 Å². The fraction of sp³-hybridized carbons (Fsp3) is 0.219. The molecule has 0 unspecified atom stereocenters. The van der Waals surface area contributed by atoms with Gasteiger partial charge in [0.15, 0.2) is 0 Å². The summed E-state index contributed by atoms with van der Waals surface area (Å²) in [5.41, 5.74) is 4.11. The number of hydrogen-bond acceptors (Lipinski definition) is 5. The van der Waals surface area contributed by atoms with Crippen molar-refractivity contribution in [2.45, 2.75) is 45.6 Å². The van der Waals surface area contributed by atoms with E-state index >= 15 is 0 Å². The summed E-state index contributed by atoms with van der Waals surface area (Å²) in [5.74, 6) is 0.266. The lowest BCUT2D eigenvalue weighted by molar-refractivity contribution is 0.00694. The molecule has 0 aromatic heterocycles. The van der Waals surface area contributed by atoms with Crippen LogP contribution in [0.1, 0.15) is 47.8 Å². The molecule has 0 aliphatic heterocycles. The Bertz CT molecular complexity index is 1570. The Hall–Kier alpha value is -4.01. The molecule has 40 heavy (non-hydrogen) atoms. The summed E-state index contributed by atoms with van der Waals surface area (Å²) < 4.78 is 52.4. The Morgan fingerprint density at radius 2 is 1.40 bits per heavy atom. The number of hydrogen-bond donors (Lipinski definition) is 1. The summed E-state index contributed by atoms with van der Waals surface area (Å²) >= 11 is 0. The Labute approximate surface area is 234 Å². The third-order valence-corrected chi connectivity index (χ3v) is 7.24. The molecule has 208 valence electrons. The van der Waals surface area contributed by atoms with Crippen LogP contribution in [0, 0.1) is 12.7 Å². The average molecular weight is 562 g/mol. The molecule has 1 N–H and O–H groups in total. The van der Waals surface area contributed by atoms with Crippen LogP contribution in [-0.4, -0.2) is 20.0 Å². The first-order chi connectivity index (χ1) is 18.9. The molecule has 4 rings (SSSR count). The second-order valence-electron chi connectivity index (χ2n) is 10.5. The third kappa shape index (κ3) is 8.24. The minimum Gasteiger partial charge on any atom is -0.457 e. The van der Waals surface area contributed by atoms with E-state index in [9.17, 15) is 17.6 Å². The van der Waals surface area contributed by atoms with Crippen molar-refractivity contribution < 1.29 is 27.1 Å². The summed E-state index contributed by atoms with van der Waals surface area (Å²) in [6.07, 6.45) is 0. The predicted molar refractivity (Wildman–Crippen MR) is 154 cm³/mol. The maximum atomic E-state index is 13.1. The van der Waals surface area contributed by atoms with E-state index in [2.05, 4.69) is 4.72 Å². The SMILES string of the molecule is Cc1cc(CS(=O)(=O)NCc2ccc(C(=O)OC(C)(C)C)cc2)ccc1-c1ccc(Oc2ccc(F)cc2)cc1. The minimum atomic E-state index is -3.60. The van der Waals surface area contributed by atoms with Crippen LogP contribution < -0.4 is 9.46 Å². The molecular formula is C32H32FNO5S. The Kier molecular flexibility index (Phi) is 8.71. The maximum absolute atomic E-state index is 13.1. The highest BCUT2D eigenvalue weighted by Gasteiger charge is 2.18. The summed E-state index contributed by atoms with van der Waals surface area (Å²) in [6.45, 7) is 7.45. The van der Waals surface area contributed by atoms with Gasteiger partial charge in [-0.15, -0.1) is 0 Å². The molecule has 0 bridgehead atoms. The number of carbonyl (C=O) groups excluding carboxylic acids is 1. The van der Waals surface area contributed by atoms with Crippen molar-refractivity contribution >= 4 is 16.0 Å². The molecule has 4 aromatic rings. The molecule has 0 atom stereocenters. The molecule has 0 aliphatic carbocycles. The van der Waals surface area contributed by atoms with Crippen LogP contribution in [0.2, 0.25) is 0 Å². The number of rotatable bonds is 9. The number of carbonyl (C=O) groups is 1. The van der Waals surface area contributed by atoms with Gasteiger partial charge in [-0.2, -0.15) is 0 Å². The van der Waals surface area contributed by atoms with E-state index < -0.39 is 21.6 Å². The van der Waals surface area contributed by atoms with Crippen molar-refractivity contribution in [3.05, 3.63) is 119 Å². The van der Waals surface area contributed by atoms with Gasteiger partial charge in [-0.1, -0.05) is 42.5 Å². The maximum Gasteiger partial charge on any atom is 0.338 e. The summed E-state index contributed by atoms with van der Waals surface area (Å²) in [4.78, 5) is 12.2. The molecule has 0 radical (unpaired) electrons. The molecule has 0 aliphatic rings. The molecule has 0 spiro atoms. The Morgan fingerprint density at radius 1 is 0.825 bits per heavy atom. The second-order valence-corrected chi connectivity index (χ2v) is 12.3. The van der Waals surface area contributed by atoms with Crippen LogP contribution in [0.4, 0.5) is 4.39 Å². The first kappa shape index (κ1) is 29.0. The van der Waals surface area contributed by atoms with Gasteiger partial charge in [-0.25, -0.2) is 22.3 Å². The molecule has 0 fully saturated rings. The lowest BCUT2D eigenvalue weighted by Crippen LogP contribution is -2.25. The number of benzene rings is 4. The van der Waals surface area contributed by atoms with Crippen molar-refractivity contribution in [1.82, 2.24) is 4.72 Å². The van der Waals surface area contributed by atoms with Gasteiger partial charge in [-0.3, -0.25) is 0 Å². The number of esters is 1. The highest BCUT2D eigenvalue weighted by atomic mass is 32.2. The van der Waals surface area contributed by atoms with E-state index in [1.165, 1.54) is 12.1 Å². The van der Waals surface area contributed by atoms with Crippen LogP contribution in [0.25, 0.3) is 11.1 Å². The third-order valence-electron chi connectivity index (χ3n) is 5.95. The highest BCUT2D eigenvalue weighted by molar-refractivity contribution is 7.88. The lowest BCUT2D eigenvalue weighted by Gasteiger charge is -2.19. The smallest absolute Gasteiger partial charge is 0.338 e. The zero-order valence-corrected chi connectivity index (χ0v) is 23.7. The van der Waals surface area contributed by atoms with E-state index in [-0.39, 0.29) is 18.1 Å². The zero-order valence-electron chi connectivity index (χ0n) is 22.9. The molecule has 0 heterocycles. The standard InChI is InChI=1S/C32H32FNO5S/c1-22-19-24(7-18-30(22)25-10-14-28(15-11-25)38-29-16-12-27(33)13-17-29)21-40(36,37)34-20-23-5-8-26(9-6-23)31(35)39-32(2,3)4/h5-19,34H,20-21H2,1-4H3. The first-order valence-corrected chi connectivity index (χ1v) is 14.5. The van der Waals surface area contributed by atoms with Crippen molar-refractivity contribution in [1.29, 1.82) is 0 Å². The summed E-state index contributed by atoms with van der Waals surface area (Å²) in [7, 11) is -3.60. The molecule has 8 heteroatoms. The average Bonchev–Trinajstić information content (AvgIpc) is 2.89. The van der Waals surface area contributed by atoms with Gasteiger partial charge < -0.3 is 9.47 Å². The predicted octanol–water partition coefficient (Wildman–Crippen LogP) is 7.17. The number of aryl methyl sites for hydroxylation is 1. The zero-order chi connectivity index (χ0) is 28.9. The van der Waals surface area contributed by atoms with Crippen LogP contribution in [0.5, 0.6) is 11.5 Å². The molecule has 0 saturated heterocycles. The van der Waals surface area contributed by atoms with Crippen molar-refractivity contribution in [2.75, 3.05) is 0 Å². The van der Waals surface area contributed by atoms with Crippen LogP contribution in [0.15, 0.2) is 91.0 Å². The fourth-order valence-corrected chi connectivity index (χ4v) is 5.15. The van der Waals surface area contributed by atoms with Crippen molar-refractivity contribution in [3.63, 3.8) is 0 Å². The van der Waals surface area contributed by atoms with Gasteiger partial charge in [0, 0.05) is 6.54 Å². The highest BCUT2D eigenvalue weighted by Crippen LogP contribution is 2.29. The molecule has 0 amide bonds. The van der Waals surface area contributed by atoms with Crippen LogP contribution in [0.3, 0.4) is 0 Å². The monoisotopic (exact) mass is 561 g/mol. The topological polar surface area (TPSA) is 81.7 Å². The normalized spacial score (nSPS) is 11.7. The summed E-state index contributed by atoms with van der Waals surface area (Å²) in [5, 5.41) is 0. The van der Waals surface area contributed by atoms with Crippen LogP contribution in [-0.2, 0) is 27.1 Å². The van der Waals surface area contributed by atoms with E-state index in [4.69, 9.17) is 9.47 Å². The van der Waals surface area contributed by atoms with Gasteiger partial charge in [0.25, 0.3) is 0 Å². The van der Waals surface area contributed by atoms with Gasteiger partial charge in [0.1, 0.15) is 22.9 Å². The second kappa shape index (κ2) is 12.0. The van der Waals surface area contributed by atoms with Crippen molar-refractivity contribution in [3.8, 4) is 22.6 Å². The number of ether oxygens (including phenoxy) is 2. The lowest BCUT2D eigenvalue weighted by atomic mass is 9.99. The fourth-order valence-electron chi connectivity index (χ4n) is 4.04. The largest absolute Gasteiger partial charge is 0.457 e. The number of nitrogens with one attached hydrogen (secondary N) is 1. The van der Waals surface area contributed by atoms with Gasteiger partial charge in [0.05, 0.1) is 11.3 Å². The Morgan fingerprint density at radius 3 is 1.98 bits per heavy atom. The quantitative estimate of drug-likeness (QED) is 0.219. The van der Waals surface area contributed by atoms with Crippen molar-refractivity contribution in [2.24, 2.45) is 0 Å².